The molecule has 1 amide bonds. The van der Waals surface area contributed by atoms with Crippen LogP contribution in [0.3, 0.4) is 0 Å². The number of ether oxygens (including phenoxy) is 1. The molecule has 1 aliphatic heterocycles. The fraction of sp³-hybridized carbons (Fsp3) is 0.435. The Balaban J connectivity index is 1.35. The summed E-state index contributed by atoms with van der Waals surface area (Å²) in [4.78, 5) is 23.0. The molecule has 1 saturated heterocycles. The number of carbonyl (C=O) groups excluding carboxylic acids is 1. The van der Waals surface area contributed by atoms with Gasteiger partial charge in [-0.3, -0.25) is 9.79 Å². The third kappa shape index (κ3) is 6.84. The Labute approximate surface area is 178 Å². The van der Waals surface area contributed by atoms with Crippen LogP contribution in [0.5, 0.6) is 0 Å². The molecule has 7 nitrogen and oxygen atoms in total. The minimum Gasteiger partial charge on any atom is -0.376 e. The number of aliphatic imine (C=N–C) groups is 1. The molecular formula is C23H31N5O2. The summed E-state index contributed by atoms with van der Waals surface area (Å²) >= 11 is 0. The van der Waals surface area contributed by atoms with Crippen molar-refractivity contribution in [3.8, 4) is 0 Å². The number of anilines is 1. The topological polar surface area (TPSA) is 78.8 Å². The van der Waals surface area contributed by atoms with Crippen LogP contribution in [-0.4, -0.2) is 55.0 Å². The first-order chi connectivity index (χ1) is 14.6. The average molecular weight is 410 g/mol. The largest absolute Gasteiger partial charge is 0.376 e. The van der Waals surface area contributed by atoms with Gasteiger partial charge in [0.1, 0.15) is 5.82 Å². The Bertz CT molecular complexity index is 840. The van der Waals surface area contributed by atoms with Gasteiger partial charge in [0.05, 0.1) is 13.2 Å². The van der Waals surface area contributed by atoms with Crippen molar-refractivity contribution in [3.05, 3.63) is 59.8 Å². The Kier molecular flexibility index (Phi) is 8.20. The Morgan fingerprint density at radius 1 is 1.23 bits per heavy atom. The number of nitrogens with one attached hydrogen (secondary N) is 2. The summed E-state index contributed by atoms with van der Waals surface area (Å²) < 4.78 is 5.90. The summed E-state index contributed by atoms with van der Waals surface area (Å²) in [5, 5.41) is 6.12. The van der Waals surface area contributed by atoms with Crippen LogP contribution >= 0.6 is 0 Å². The van der Waals surface area contributed by atoms with Gasteiger partial charge in [-0.2, -0.15) is 0 Å². The van der Waals surface area contributed by atoms with Crippen LogP contribution in [0.4, 0.5) is 5.82 Å². The van der Waals surface area contributed by atoms with Crippen LogP contribution in [-0.2, 0) is 16.1 Å². The lowest BCUT2D eigenvalue weighted by Gasteiger charge is -2.21. The summed E-state index contributed by atoms with van der Waals surface area (Å²) in [6.45, 7) is 5.67. The molecule has 0 saturated carbocycles. The van der Waals surface area contributed by atoms with Gasteiger partial charge in [0.15, 0.2) is 5.96 Å². The third-order valence-corrected chi connectivity index (χ3v) is 5.05. The minimum atomic E-state index is -0.0651. The predicted octanol–water partition coefficient (Wildman–Crippen LogP) is 2.83. The van der Waals surface area contributed by atoms with Crippen molar-refractivity contribution in [2.45, 2.75) is 26.4 Å². The second-order valence-electron chi connectivity index (χ2n) is 7.54. The fourth-order valence-electron chi connectivity index (χ4n) is 3.52. The van der Waals surface area contributed by atoms with Crippen molar-refractivity contribution in [2.24, 2.45) is 10.9 Å². The van der Waals surface area contributed by atoms with E-state index in [0.29, 0.717) is 31.3 Å². The van der Waals surface area contributed by atoms with Crippen molar-refractivity contribution >= 4 is 17.7 Å². The van der Waals surface area contributed by atoms with E-state index in [-0.39, 0.29) is 5.91 Å². The number of rotatable bonds is 8. The number of carbonyl (C=O) groups is 1. The molecule has 0 aliphatic carbocycles. The van der Waals surface area contributed by atoms with E-state index in [4.69, 9.17) is 4.74 Å². The van der Waals surface area contributed by atoms with Gasteiger partial charge in [0.25, 0.3) is 0 Å². The number of hydrogen-bond donors (Lipinski definition) is 2. The van der Waals surface area contributed by atoms with E-state index >= 15 is 0 Å². The number of amides is 1. The van der Waals surface area contributed by atoms with Gasteiger partial charge in [0.2, 0.25) is 5.91 Å². The maximum atomic E-state index is 12.1. The first-order valence-corrected chi connectivity index (χ1v) is 10.4. The van der Waals surface area contributed by atoms with Crippen LogP contribution < -0.4 is 10.6 Å². The highest BCUT2D eigenvalue weighted by atomic mass is 16.5. The van der Waals surface area contributed by atoms with E-state index in [1.54, 1.807) is 13.1 Å². The lowest BCUT2D eigenvalue weighted by molar-refractivity contribution is -0.116. The summed E-state index contributed by atoms with van der Waals surface area (Å²) in [7, 11) is 1.78. The van der Waals surface area contributed by atoms with Crippen molar-refractivity contribution in [1.29, 1.82) is 0 Å². The highest BCUT2D eigenvalue weighted by molar-refractivity contribution is 5.90. The zero-order chi connectivity index (χ0) is 21.2. The summed E-state index contributed by atoms with van der Waals surface area (Å²) in [6.07, 6.45) is 1.43. The molecule has 1 aromatic carbocycles. The number of likely N-dealkylation sites (tertiary alicyclic amines) is 1. The van der Waals surface area contributed by atoms with E-state index in [1.807, 2.05) is 37.3 Å². The normalized spacial score (nSPS) is 16.5. The zero-order valence-electron chi connectivity index (χ0n) is 17.8. The van der Waals surface area contributed by atoms with Crippen molar-refractivity contribution < 1.29 is 9.53 Å². The minimum absolute atomic E-state index is 0.0651. The number of aryl methyl sites for hydroxylation is 1. The van der Waals surface area contributed by atoms with Crippen LogP contribution in [0.1, 0.15) is 24.1 Å². The molecule has 2 N–H and O–H groups in total. The first kappa shape index (κ1) is 21.8. The van der Waals surface area contributed by atoms with Gasteiger partial charge in [-0.1, -0.05) is 36.4 Å². The van der Waals surface area contributed by atoms with E-state index in [1.165, 1.54) is 5.56 Å². The quantitative estimate of drug-likeness (QED) is 0.518. The van der Waals surface area contributed by atoms with Gasteiger partial charge in [-0.25, -0.2) is 4.98 Å². The highest BCUT2D eigenvalue weighted by Gasteiger charge is 2.25. The molecule has 30 heavy (non-hydrogen) atoms. The fourth-order valence-corrected chi connectivity index (χ4v) is 3.52. The molecule has 1 fully saturated rings. The first-order valence-electron chi connectivity index (χ1n) is 10.4. The van der Waals surface area contributed by atoms with Gasteiger partial charge in [-0.15, -0.1) is 0 Å². The lowest BCUT2D eigenvalue weighted by Crippen LogP contribution is -2.41. The third-order valence-electron chi connectivity index (χ3n) is 5.05. The zero-order valence-corrected chi connectivity index (χ0v) is 17.8. The summed E-state index contributed by atoms with van der Waals surface area (Å²) in [5.41, 5.74) is 2.08. The Hall–Kier alpha value is -2.93. The molecule has 3 rings (SSSR count). The van der Waals surface area contributed by atoms with Crippen molar-refractivity contribution in [3.63, 3.8) is 0 Å². The number of aromatic nitrogens is 1. The van der Waals surface area contributed by atoms with Crippen LogP contribution in [0.2, 0.25) is 0 Å². The summed E-state index contributed by atoms with van der Waals surface area (Å²) in [6, 6.07) is 15.8. The monoisotopic (exact) mass is 409 g/mol. The maximum absolute atomic E-state index is 12.1. The molecule has 0 radical (unpaired) electrons. The van der Waals surface area contributed by atoms with Gasteiger partial charge >= 0.3 is 0 Å². The predicted molar refractivity (Wildman–Crippen MR) is 119 cm³/mol. The molecule has 2 aromatic rings. The molecule has 1 unspecified atom stereocenters. The Morgan fingerprint density at radius 2 is 2.07 bits per heavy atom. The average Bonchev–Trinajstić information content (AvgIpc) is 3.21. The van der Waals surface area contributed by atoms with Crippen LogP contribution in [0.15, 0.2) is 53.5 Å². The molecule has 2 heterocycles. The number of pyridine rings is 1. The second kappa shape index (κ2) is 11.3. The molecule has 160 valence electrons. The molecule has 0 spiro atoms. The van der Waals surface area contributed by atoms with Crippen molar-refractivity contribution in [1.82, 2.24) is 15.2 Å². The number of nitrogens with zero attached hydrogens (tertiary/aromatic N) is 3. The second-order valence-corrected chi connectivity index (χ2v) is 7.54. The number of guanidine groups is 1. The Morgan fingerprint density at radius 3 is 2.83 bits per heavy atom. The van der Waals surface area contributed by atoms with E-state index < -0.39 is 0 Å². The molecule has 1 aromatic heterocycles. The standard InChI is InChI=1S/C23H31N5O2/c1-18-7-6-10-21(26-18)27-22(29)11-13-25-23(24-2)28-14-12-20(15-28)17-30-16-19-8-4-3-5-9-19/h3-10,20H,11-17H2,1-2H3,(H,24,25)(H,26,27,29). The van der Waals surface area contributed by atoms with Gasteiger partial charge in [-0.05, 0) is 31.0 Å². The van der Waals surface area contributed by atoms with Gasteiger partial charge in [0, 0.05) is 44.7 Å². The van der Waals surface area contributed by atoms with Gasteiger partial charge < -0.3 is 20.3 Å². The SMILES string of the molecule is CN=C(NCCC(=O)Nc1cccc(C)n1)N1CCC(COCc2ccccc2)C1. The lowest BCUT2D eigenvalue weighted by atomic mass is 10.1. The maximum Gasteiger partial charge on any atom is 0.227 e. The van der Waals surface area contributed by atoms with Crippen molar-refractivity contribution in [2.75, 3.05) is 38.6 Å². The molecule has 0 bridgehead atoms. The number of benzene rings is 1. The smallest absolute Gasteiger partial charge is 0.227 e. The van der Waals surface area contributed by atoms with E-state index in [2.05, 4.69) is 37.6 Å². The van der Waals surface area contributed by atoms with Crippen LogP contribution in [0, 0.1) is 12.8 Å². The van der Waals surface area contributed by atoms with E-state index in [9.17, 15) is 4.79 Å². The molecular weight excluding hydrogens is 378 g/mol. The molecule has 7 heteroatoms. The summed E-state index contributed by atoms with van der Waals surface area (Å²) in [5.74, 6) is 1.84. The number of hydrogen-bond acceptors (Lipinski definition) is 4. The van der Waals surface area contributed by atoms with Crippen LogP contribution in [0.25, 0.3) is 0 Å². The molecule has 1 atom stereocenters. The highest BCUT2D eigenvalue weighted by Crippen LogP contribution is 2.17. The molecule has 1 aliphatic rings. The van der Waals surface area contributed by atoms with E-state index in [0.717, 1.165) is 37.8 Å².